The number of ketones is 1. The van der Waals surface area contributed by atoms with E-state index in [1.807, 2.05) is 0 Å². The SMILES string of the molecule is COCOc1ccc(/C=C/C(=O)c2c(OCOC)cc(OCOC)c(C)c2OCOC)cc1OCOC.[K+].[OH-]. The van der Waals surface area contributed by atoms with Gasteiger partial charge in [-0.2, -0.15) is 0 Å². The normalized spacial score (nSPS) is 10.4. The van der Waals surface area contributed by atoms with E-state index < -0.39 is 0 Å². The maximum absolute atomic E-state index is 13.4. The maximum atomic E-state index is 13.4. The number of rotatable bonds is 18. The fourth-order valence-corrected chi connectivity index (χ4v) is 3.11. The van der Waals surface area contributed by atoms with Crippen LogP contribution >= 0.6 is 0 Å². The Morgan fingerprint density at radius 2 is 1.15 bits per heavy atom. The number of hydrogen-bond acceptors (Lipinski definition) is 12. The van der Waals surface area contributed by atoms with Crippen LogP contribution in [0.15, 0.2) is 30.3 Å². The van der Waals surface area contributed by atoms with Crippen LogP contribution in [0.2, 0.25) is 0 Å². The molecule has 2 aromatic carbocycles. The average Bonchev–Trinajstić information content (AvgIpc) is 2.91. The first kappa shape index (κ1) is 37.2. The zero-order chi connectivity index (χ0) is 27.0. The fraction of sp³-hybridized carbons (Fsp3) is 0.423. The van der Waals surface area contributed by atoms with E-state index in [0.29, 0.717) is 28.4 Å². The quantitative estimate of drug-likeness (QED) is 0.106. The number of hydrogen-bond donors (Lipinski definition) is 0. The second-order valence-corrected chi connectivity index (χ2v) is 7.36. The van der Waals surface area contributed by atoms with Crippen LogP contribution in [0.25, 0.3) is 6.08 Å². The van der Waals surface area contributed by atoms with Crippen molar-refractivity contribution in [2.75, 3.05) is 69.5 Å². The van der Waals surface area contributed by atoms with Gasteiger partial charge in [0.1, 0.15) is 22.8 Å². The molecule has 0 atom stereocenters. The van der Waals surface area contributed by atoms with Crippen molar-refractivity contribution in [3.05, 3.63) is 47.0 Å². The summed E-state index contributed by atoms with van der Waals surface area (Å²) in [6.07, 6.45) is 3.03. The smallest absolute Gasteiger partial charge is 0.870 e. The van der Waals surface area contributed by atoms with Crippen molar-refractivity contribution in [2.45, 2.75) is 6.92 Å². The minimum atomic E-state index is -0.377. The average molecular weight is 579 g/mol. The molecule has 0 aliphatic carbocycles. The molecule has 2 aromatic rings. The molecule has 0 fully saturated rings. The van der Waals surface area contributed by atoms with Crippen molar-refractivity contribution in [3.8, 4) is 28.7 Å². The molecule has 0 saturated carbocycles. The summed E-state index contributed by atoms with van der Waals surface area (Å²) in [7, 11) is 7.49. The summed E-state index contributed by atoms with van der Waals surface area (Å²) < 4.78 is 53.3. The van der Waals surface area contributed by atoms with Gasteiger partial charge in [-0.25, -0.2) is 0 Å². The zero-order valence-corrected chi connectivity index (χ0v) is 26.6. The molecule has 0 unspecified atom stereocenters. The van der Waals surface area contributed by atoms with Crippen molar-refractivity contribution in [1.29, 1.82) is 0 Å². The van der Waals surface area contributed by atoms with Gasteiger partial charge in [-0.05, 0) is 30.7 Å². The van der Waals surface area contributed by atoms with E-state index in [1.54, 1.807) is 37.3 Å². The number of carbonyl (C=O) groups excluding carboxylic acids is 1. The van der Waals surface area contributed by atoms with Crippen LogP contribution in [0.4, 0.5) is 0 Å². The number of methoxy groups -OCH3 is 5. The zero-order valence-electron chi connectivity index (χ0n) is 23.4. The standard InChI is InChI=1S/C26H34O11.K.H2O/c1-18-22(34-14-29-3)12-24(36-16-31-5)25(26(18)37-17-32-6)20(27)9-7-19-8-10-21(33-13-28-2)23(11-19)35-15-30-4;;/h7-12H,13-17H2,1-6H3;;1H2/q;+1;/p-1/b9-7+;;. The molecule has 0 spiro atoms. The summed E-state index contributed by atoms with van der Waals surface area (Å²) in [6.45, 7) is 1.64. The first-order valence-electron chi connectivity index (χ1n) is 11.1. The van der Waals surface area contributed by atoms with E-state index in [4.69, 9.17) is 47.4 Å². The summed E-state index contributed by atoms with van der Waals surface area (Å²) >= 11 is 0. The fourth-order valence-electron chi connectivity index (χ4n) is 3.11. The summed E-state index contributed by atoms with van der Waals surface area (Å²) in [5.41, 5.74) is 1.44. The molecule has 12 nitrogen and oxygen atoms in total. The number of benzene rings is 2. The van der Waals surface area contributed by atoms with Crippen molar-refractivity contribution in [1.82, 2.24) is 0 Å². The molecule has 1 N–H and O–H groups in total. The van der Waals surface area contributed by atoms with Gasteiger partial charge in [0.2, 0.25) is 0 Å². The Morgan fingerprint density at radius 1 is 0.667 bits per heavy atom. The Bertz CT molecular complexity index is 1030. The molecule has 0 aliphatic heterocycles. The predicted molar refractivity (Wildman–Crippen MR) is 135 cm³/mol. The van der Waals surface area contributed by atoms with Gasteiger partial charge in [-0.1, -0.05) is 12.1 Å². The van der Waals surface area contributed by atoms with Gasteiger partial charge in [0.15, 0.2) is 51.2 Å². The summed E-state index contributed by atoms with van der Waals surface area (Å²) in [5, 5.41) is 0. The van der Waals surface area contributed by atoms with Gasteiger partial charge in [0, 0.05) is 47.2 Å². The van der Waals surface area contributed by atoms with Crippen LogP contribution in [0, 0.1) is 6.92 Å². The molecular weight excluding hydrogens is 543 g/mol. The summed E-state index contributed by atoms with van der Waals surface area (Å²) in [4.78, 5) is 13.4. The molecule has 0 heterocycles. The topological polar surface area (TPSA) is 139 Å². The first-order chi connectivity index (χ1) is 18.0. The molecule has 0 amide bonds. The van der Waals surface area contributed by atoms with E-state index in [0.717, 1.165) is 0 Å². The van der Waals surface area contributed by atoms with Crippen LogP contribution in [0.3, 0.4) is 0 Å². The third-order valence-electron chi connectivity index (χ3n) is 4.74. The van der Waals surface area contributed by atoms with E-state index in [1.165, 1.54) is 41.6 Å². The molecule has 0 saturated heterocycles. The Labute approximate surface area is 271 Å². The van der Waals surface area contributed by atoms with Crippen molar-refractivity contribution in [2.24, 2.45) is 0 Å². The van der Waals surface area contributed by atoms with Gasteiger partial charge < -0.3 is 52.8 Å². The molecule has 39 heavy (non-hydrogen) atoms. The second-order valence-electron chi connectivity index (χ2n) is 7.36. The molecule has 0 radical (unpaired) electrons. The van der Waals surface area contributed by atoms with Crippen LogP contribution in [0.1, 0.15) is 21.5 Å². The van der Waals surface area contributed by atoms with E-state index in [2.05, 4.69) is 0 Å². The molecule has 0 bridgehead atoms. The summed E-state index contributed by atoms with van der Waals surface area (Å²) in [5.74, 6) is 1.41. The van der Waals surface area contributed by atoms with Crippen LogP contribution in [-0.2, 0) is 23.7 Å². The van der Waals surface area contributed by atoms with E-state index in [-0.39, 0.29) is 114 Å². The molecular formula is C26H35KO12. The van der Waals surface area contributed by atoms with E-state index >= 15 is 0 Å². The molecule has 13 heteroatoms. The monoisotopic (exact) mass is 578 g/mol. The van der Waals surface area contributed by atoms with Gasteiger partial charge >= 0.3 is 51.4 Å². The number of carbonyl (C=O) groups is 1. The number of allylic oxidation sites excluding steroid dienone is 1. The number of ether oxygens (including phenoxy) is 10. The van der Waals surface area contributed by atoms with Crippen molar-refractivity contribution >= 4 is 11.9 Å². The predicted octanol–water partition coefficient (Wildman–Crippen LogP) is 0.632. The van der Waals surface area contributed by atoms with Gasteiger partial charge in [0.05, 0.1) is 0 Å². The Kier molecular flexibility index (Phi) is 20.1. The first-order valence-corrected chi connectivity index (χ1v) is 11.1. The van der Waals surface area contributed by atoms with Crippen LogP contribution in [0.5, 0.6) is 28.7 Å². The second kappa shape index (κ2) is 21.1. The van der Waals surface area contributed by atoms with E-state index in [9.17, 15) is 4.79 Å². The van der Waals surface area contributed by atoms with Crippen molar-refractivity contribution in [3.63, 3.8) is 0 Å². The molecule has 2 rings (SSSR count). The van der Waals surface area contributed by atoms with Crippen LogP contribution in [-0.4, -0.2) is 80.8 Å². The van der Waals surface area contributed by atoms with Crippen LogP contribution < -0.4 is 75.1 Å². The Hall–Kier alpha value is -1.75. The van der Waals surface area contributed by atoms with Gasteiger partial charge in [-0.15, -0.1) is 0 Å². The Morgan fingerprint density at radius 3 is 1.72 bits per heavy atom. The minimum Gasteiger partial charge on any atom is -0.870 e. The molecule has 0 aromatic heterocycles. The van der Waals surface area contributed by atoms with Crippen molar-refractivity contribution < 1.29 is 109 Å². The third kappa shape index (κ3) is 11.7. The molecule has 212 valence electrons. The largest absolute Gasteiger partial charge is 1.00 e. The summed E-state index contributed by atoms with van der Waals surface area (Å²) in [6, 6.07) is 6.78. The van der Waals surface area contributed by atoms with Gasteiger partial charge in [0.25, 0.3) is 0 Å². The minimum absolute atomic E-state index is 0. The Balaban J connectivity index is 0.00000722. The third-order valence-corrected chi connectivity index (χ3v) is 4.74. The maximum Gasteiger partial charge on any atom is 1.00 e. The molecule has 0 aliphatic rings. The van der Waals surface area contributed by atoms with Gasteiger partial charge in [-0.3, -0.25) is 4.79 Å².